The predicted molar refractivity (Wildman–Crippen MR) is 114 cm³/mol. The van der Waals surface area contributed by atoms with Gasteiger partial charge in [-0.05, 0) is 50.5 Å². The Kier molecular flexibility index (Phi) is 5.08. The van der Waals surface area contributed by atoms with E-state index in [1.807, 2.05) is 19.1 Å². The van der Waals surface area contributed by atoms with E-state index in [-0.39, 0.29) is 5.69 Å². The van der Waals surface area contributed by atoms with Crippen molar-refractivity contribution in [1.82, 2.24) is 19.5 Å². The zero-order chi connectivity index (χ0) is 20.5. The first-order valence-electron chi connectivity index (χ1n) is 10.5. The van der Waals surface area contributed by atoms with Crippen molar-refractivity contribution in [3.8, 4) is 11.4 Å². The summed E-state index contributed by atoms with van der Waals surface area (Å²) in [5.41, 5.74) is 3.01. The van der Waals surface area contributed by atoms with Crippen molar-refractivity contribution >= 4 is 17.3 Å². The summed E-state index contributed by atoms with van der Waals surface area (Å²) in [6.45, 7) is 5.25. The van der Waals surface area contributed by atoms with Crippen molar-refractivity contribution in [2.75, 3.05) is 36.5 Å². The predicted octanol–water partition coefficient (Wildman–Crippen LogP) is 4.09. The Morgan fingerprint density at radius 1 is 1.07 bits per heavy atom. The van der Waals surface area contributed by atoms with E-state index in [0.717, 1.165) is 56.3 Å². The molecule has 0 spiro atoms. The molecule has 0 atom stereocenters. The van der Waals surface area contributed by atoms with E-state index in [9.17, 15) is 4.39 Å². The summed E-state index contributed by atoms with van der Waals surface area (Å²) in [5.74, 6) is 0.814. The molecule has 1 N–H and O–H groups in total. The molecule has 0 unspecified atom stereocenters. The molecule has 3 heterocycles. The molecular weight excluding hydrogens is 383 g/mol. The van der Waals surface area contributed by atoms with Crippen LogP contribution in [0.2, 0.25) is 0 Å². The van der Waals surface area contributed by atoms with Crippen LogP contribution < -0.4 is 10.2 Å². The van der Waals surface area contributed by atoms with Crippen LogP contribution in [0.1, 0.15) is 31.1 Å². The van der Waals surface area contributed by atoms with Crippen LogP contribution in [0.5, 0.6) is 0 Å². The quantitative estimate of drug-likeness (QED) is 0.686. The molecule has 0 bridgehead atoms. The molecule has 1 saturated carbocycles. The number of halogens is 1. The van der Waals surface area contributed by atoms with Crippen LogP contribution in [-0.4, -0.2) is 45.8 Å². The van der Waals surface area contributed by atoms with Gasteiger partial charge in [0.25, 0.3) is 0 Å². The third-order valence-electron chi connectivity index (χ3n) is 5.91. The second-order valence-corrected chi connectivity index (χ2v) is 7.81. The molecule has 1 aromatic carbocycles. The lowest BCUT2D eigenvalue weighted by molar-refractivity contribution is 0.122. The minimum Gasteiger partial charge on any atom is -0.378 e. The smallest absolute Gasteiger partial charge is 0.227 e. The molecule has 1 aliphatic heterocycles. The topological polar surface area (TPSA) is 68.1 Å². The first kappa shape index (κ1) is 19.0. The van der Waals surface area contributed by atoms with Crippen molar-refractivity contribution in [1.29, 1.82) is 0 Å². The second kappa shape index (κ2) is 8.02. The molecule has 1 aliphatic carbocycles. The van der Waals surface area contributed by atoms with Crippen LogP contribution in [0.4, 0.5) is 21.7 Å². The van der Waals surface area contributed by atoms with Crippen molar-refractivity contribution in [2.45, 2.75) is 32.2 Å². The van der Waals surface area contributed by atoms with Crippen LogP contribution in [0.3, 0.4) is 0 Å². The van der Waals surface area contributed by atoms with Crippen LogP contribution in [0.15, 0.2) is 36.7 Å². The fourth-order valence-corrected chi connectivity index (χ4v) is 4.05. The monoisotopic (exact) mass is 408 g/mol. The van der Waals surface area contributed by atoms with Gasteiger partial charge < -0.3 is 19.5 Å². The standard InChI is InChI=1S/C22H25FN6O/c1-15-24-14-20(29(15)18-3-2-4-18)21-19(23)13-25-22(27-21)26-16-5-7-17(8-6-16)28-9-11-30-12-10-28/h5-8,13-14,18H,2-4,9-12H2,1H3,(H,25,26,27). The minimum absolute atomic E-state index is 0.282. The maximum Gasteiger partial charge on any atom is 0.227 e. The summed E-state index contributed by atoms with van der Waals surface area (Å²) in [7, 11) is 0. The Hall–Kier alpha value is -3.00. The number of hydrogen-bond acceptors (Lipinski definition) is 6. The highest BCUT2D eigenvalue weighted by Gasteiger charge is 2.26. The van der Waals surface area contributed by atoms with E-state index in [1.165, 1.54) is 12.6 Å². The minimum atomic E-state index is -0.441. The van der Waals surface area contributed by atoms with Crippen molar-refractivity contribution in [3.63, 3.8) is 0 Å². The number of ether oxygens (including phenoxy) is 1. The highest BCUT2D eigenvalue weighted by atomic mass is 19.1. The fraction of sp³-hybridized carbons (Fsp3) is 0.409. The first-order chi connectivity index (χ1) is 14.7. The summed E-state index contributed by atoms with van der Waals surface area (Å²) in [5, 5.41) is 3.19. The lowest BCUT2D eigenvalue weighted by Gasteiger charge is -2.29. The molecule has 0 amide bonds. The van der Waals surface area contributed by atoms with Gasteiger partial charge in [0.1, 0.15) is 11.5 Å². The van der Waals surface area contributed by atoms with E-state index >= 15 is 0 Å². The number of nitrogens with one attached hydrogen (secondary N) is 1. The van der Waals surface area contributed by atoms with E-state index < -0.39 is 5.82 Å². The third-order valence-corrected chi connectivity index (χ3v) is 5.91. The fourth-order valence-electron chi connectivity index (χ4n) is 4.05. The maximum atomic E-state index is 14.6. The number of rotatable bonds is 5. The van der Waals surface area contributed by atoms with Crippen LogP contribution in [-0.2, 0) is 4.74 Å². The van der Waals surface area contributed by atoms with Gasteiger partial charge >= 0.3 is 0 Å². The van der Waals surface area contributed by atoms with Gasteiger partial charge in [0.05, 0.1) is 31.3 Å². The summed E-state index contributed by atoms with van der Waals surface area (Å²) < 4.78 is 22.1. The molecular formula is C22H25FN6O. The van der Waals surface area contributed by atoms with Gasteiger partial charge in [-0.25, -0.2) is 19.3 Å². The van der Waals surface area contributed by atoms with Gasteiger partial charge in [0.2, 0.25) is 5.95 Å². The van der Waals surface area contributed by atoms with Gasteiger partial charge in [-0.1, -0.05) is 0 Å². The third kappa shape index (κ3) is 3.63. The van der Waals surface area contributed by atoms with Crippen LogP contribution >= 0.6 is 0 Å². The highest BCUT2D eigenvalue weighted by molar-refractivity contribution is 5.62. The Morgan fingerprint density at radius 3 is 2.53 bits per heavy atom. The highest BCUT2D eigenvalue weighted by Crippen LogP contribution is 2.36. The molecule has 5 rings (SSSR count). The van der Waals surface area contributed by atoms with Crippen LogP contribution in [0.25, 0.3) is 11.4 Å². The molecule has 156 valence electrons. The molecule has 7 nitrogen and oxygen atoms in total. The first-order valence-corrected chi connectivity index (χ1v) is 10.5. The Bertz CT molecular complexity index is 1020. The lowest BCUT2D eigenvalue weighted by Crippen LogP contribution is -2.36. The molecule has 30 heavy (non-hydrogen) atoms. The molecule has 1 saturated heterocycles. The maximum absolute atomic E-state index is 14.6. The second-order valence-electron chi connectivity index (χ2n) is 7.81. The summed E-state index contributed by atoms with van der Waals surface area (Å²) in [6, 6.07) is 8.47. The van der Waals surface area contributed by atoms with Crippen molar-refractivity contribution in [2.24, 2.45) is 0 Å². The summed E-state index contributed by atoms with van der Waals surface area (Å²) >= 11 is 0. The number of imidazole rings is 1. The molecule has 2 aliphatic rings. The lowest BCUT2D eigenvalue weighted by atomic mass is 9.92. The van der Waals surface area contributed by atoms with E-state index in [1.54, 1.807) is 6.20 Å². The van der Waals surface area contributed by atoms with Crippen LogP contribution in [0, 0.1) is 12.7 Å². The Labute approximate surface area is 174 Å². The van der Waals surface area contributed by atoms with Gasteiger partial charge in [0, 0.05) is 30.5 Å². The Morgan fingerprint density at radius 2 is 1.83 bits per heavy atom. The number of aryl methyl sites for hydroxylation is 1. The Balaban J connectivity index is 1.38. The number of hydrogen-bond donors (Lipinski definition) is 1. The molecule has 2 fully saturated rings. The molecule has 3 aromatic rings. The molecule has 2 aromatic heterocycles. The van der Waals surface area contributed by atoms with E-state index in [4.69, 9.17) is 4.74 Å². The van der Waals surface area contributed by atoms with Gasteiger partial charge in [0.15, 0.2) is 5.82 Å². The number of benzene rings is 1. The molecule has 8 heteroatoms. The van der Waals surface area contributed by atoms with E-state index in [2.05, 4.69) is 41.9 Å². The van der Waals surface area contributed by atoms with Crippen molar-refractivity contribution in [3.05, 3.63) is 48.3 Å². The van der Waals surface area contributed by atoms with Crippen molar-refractivity contribution < 1.29 is 9.13 Å². The van der Waals surface area contributed by atoms with Gasteiger partial charge in [-0.2, -0.15) is 0 Å². The molecule has 0 radical (unpaired) electrons. The average molecular weight is 408 g/mol. The summed E-state index contributed by atoms with van der Waals surface area (Å²) in [4.78, 5) is 15.3. The SMILES string of the molecule is Cc1ncc(-c2nc(Nc3ccc(N4CCOCC4)cc3)ncc2F)n1C1CCC1. The normalized spacial score (nSPS) is 17.1. The average Bonchev–Trinajstić information content (AvgIpc) is 3.10. The number of morpholine rings is 1. The zero-order valence-corrected chi connectivity index (χ0v) is 17.0. The number of nitrogens with zero attached hydrogens (tertiary/aromatic N) is 5. The number of aromatic nitrogens is 4. The van der Waals surface area contributed by atoms with Gasteiger partial charge in [-0.15, -0.1) is 0 Å². The van der Waals surface area contributed by atoms with Gasteiger partial charge in [-0.3, -0.25) is 0 Å². The number of anilines is 3. The zero-order valence-electron chi connectivity index (χ0n) is 17.0. The van der Waals surface area contributed by atoms with E-state index in [0.29, 0.717) is 17.7 Å². The largest absolute Gasteiger partial charge is 0.378 e. The summed E-state index contributed by atoms with van der Waals surface area (Å²) in [6.07, 6.45) is 6.32.